The summed E-state index contributed by atoms with van der Waals surface area (Å²) >= 11 is 6.60. The summed E-state index contributed by atoms with van der Waals surface area (Å²) in [4.78, 5) is 10.3. The van der Waals surface area contributed by atoms with Gasteiger partial charge in [0.25, 0.3) is 0 Å². The molecule has 0 aliphatic carbocycles. The van der Waals surface area contributed by atoms with Gasteiger partial charge in [-0.3, -0.25) is 9.38 Å². The molecule has 0 N–H and O–H groups in total. The molecule has 7 aromatic carbocycles. The first kappa shape index (κ1) is 33.6. The Morgan fingerprint density at radius 3 is 1.58 bits per heavy atom. The van der Waals surface area contributed by atoms with Gasteiger partial charge in [-0.25, -0.2) is 4.98 Å². The topological polar surface area (TPSA) is 47.3 Å². The highest BCUT2D eigenvalue weighted by Crippen LogP contribution is 2.44. The molecule has 262 valence electrons. The van der Waals surface area contributed by atoms with E-state index in [9.17, 15) is 0 Å². The molecule has 0 saturated heterocycles. The molecule has 0 atom stereocenters. The van der Waals surface area contributed by atoms with Crippen LogP contribution < -0.4 is 31.8 Å². The third kappa shape index (κ3) is 5.42. The lowest BCUT2D eigenvalue weighted by Gasteiger charge is -2.23. The molecule has 0 aliphatic rings. The van der Waals surface area contributed by atoms with Gasteiger partial charge in [0, 0.05) is 49.8 Å². The average Bonchev–Trinajstić information content (AvgIpc) is 3.67. The van der Waals surface area contributed by atoms with Crippen molar-refractivity contribution in [2.24, 2.45) is 0 Å². The fraction of sp³-hybridized carbons (Fsp3) is 0. The second kappa shape index (κ2) is 13.4. The molecule has 0 bridgehead atoms. The van der Waals surface area contributed by atoms with Gasteiger partial charge in [0.05, 0.1) is 22.2 Å². The van der Waals surface area contributed by atoms with Crippen molar-refractivity contribution in [1.82, 2.24) is 14.4 Å². The SMILES string of the molecule is O=P(c1ccccc1)(c1ccccc1)c1ccc2nc3c4ccccc4c4ccc(-c5ccc(P(=S)(c6ccccc6)c6ccccc6)cn5)cc4n3c2c1. The number of rotatable bonds is 7. The number of benzene rings is 7. The second-order valence-corrected chi connectivity index (χ2v) is 20.9. The van der Waals surface area contributed by atoms with Crippen molar-refractivity contribution >= 4 is 95.2 Å². The molecule has 55 heavy (non-hydrogen) atoms. The highest BCUT2D eigenvalue weighted by Gasteiger charge is 2.31. The van der Waals surface area contributed by atoms with Crippen LogP contribution in [-0.4, -0.2) is 14.4 Å². The fourth-order valence-corrected chi connectivity index (χ4v) is 14.2. The summed E-state index contributed by atoms with van der Waals surface area (Å²) in [6.45, 7) is 0. The van der Waals surface area contributed by atoms with Crippen molar-refractivity contribution in [2.45, 2.75) is 0 Å². The minimum absolute atomic E-state index is 0.765. The summed E-state index contributed by atoms with van der Waals surface area (Å²) in [6, 6.07) is 63.5. The Balaban J connectivity index is 1.18. The molecule has 0 amide bonds. The van der Waals surface area contributed by atoms with Gasteiger partial charge in [-0.1, -0.05) is 170 Å². The van der Waals surface area contributed by atoms with Crippen molar-refractivity contribution in [3.8, 4) is 11.3 Å². The lowest BCUT2D eigenvalue weighted by molar-refractivity contribution is 0.592. The molecule has 3 heterocycles. The Bertz CT molecular complexity index is 3050. The number of nitrogens with zero attached hydrogens (tertiary/aromatic N) is 3. The van der Waals surface area contributed by atoms with E-state index in [0.717, 1.165) is 81.4 Å². The molecule has 0 saturated carbocycles. The largest absolute Gasteiger partial charge is 0.309 e. The first-order valence-electron chi connectivity index (χ1n) is 18.2. The third-order valence-corrected chi connectivity index (χ3v) is 18.6. The highest BCUT2D eigenvalue weighted by molar-refractivity contribution is 8.25. The fourth-order valence-electron chi connectivity index (χ4n) is 7.89. The molecule has 0 radical (unpaired) electrons. The smallest absolute Gasteiger partial charge is 0.171 e. The van der Waals surface area contributed by atoms with Crippen LogP contribution in [0.3, 0.4) is 0 Å². The molecule has 3 aromatic heterocycles. The maximum atomic E-state index is 15.5. The van der Waals surface area contributed by atoms with Crippen molar-refractivity contribution in [1.29, 1.82) is 0 Å². The number of fused-ring (bicyclic) bond motifs is 8. The Labute approximate surface area is 324 Å². The standard InChI is InChI=1S/C48H33N3OP2S/c52-53(35-15-5-1-6-16-35,36-17-7-2-8-18-36)39-26-30-45-47(32-39)51-46-31-34(25-28-42(46)41-23-13-14-24-43(41)48(51)50-45)44-29-27-40(33-49-44)54(55,37-19-9-3-10-20-37)38-21-11-4-12-22-38/h1-33H. The van der Waals surface area contributed by atoms with Gasteiger partial charge in [0.1, 0.15) is 5.65 Å². The monoisotopic (exact) mass is 761 g/mol. The van der Waals surface area contributed by atoms with E-state index in [2.05, 4.69) is 114 Å². The Morgan fingerprint density at radius 1 is 0.455 bits per heavy atom. The quantitative estimate of drug-likeness (QED) is 0.120. The lowest BCUT2D eigenvalue weighted by Crippen LogP contribution is -2.25. The van der Waals surface area contributed by atoms with Crippen LogP contribution in [0.4, 0.5) is 0 Å². The first-order valence-corrected chi connectivity index (χ1v) is 22.7. The molecular formula is C48H33N3OP2S. The molecule has 0 fully saturated rings. The van der Waals surface area contributed by atoms with Gasteiger partial charge in [0.2, 0.25) is 0 Å². The summed E-state index contributed by atoms with van der Waals surface area (Å²) in [6.07, 6.45) is 1.97. The average molecular weight is 762 g/mol. The van der Waals surface area contributed by atoms with E-state index in [1.807, 2.05) is 91.1 Å². The van der Waals surface area contributed by atoms with Gasteiger partial charge in [-0.15, -0.1) is 0 Å². The summed E-state index contributed by atoms with van der Waals surface area (Å²) in [5.41, 5.74) is 5.45. The van der Waals surface area contributed by atoms with Crippen molar-refractivity contribution in [3.63, 3.8) is 0 Å². The van der Waals surface area contributed by atoms with Crippen LogP contribution >= 0.6 is 13.2 Å². The predicted octanol–water partition coefficient (Wildman–Crippen LogP) is 9.25. The molecule has 0 unspecified atom stereocenters. The van der Waals surface area contributed by atoms with Crippen molar-refractivity contribution in [2.75, 3.05) is 0 Å². The van der Waals surface area contributed by atoms with E-state index < -0.39 is 13.2 Å². The molecule has 4 nitrogen and oxygen atoms in total. The maximum Gasteiger partial charge on any atom is 0.171 e. The number of pyridine rings is 2. The van der Waals surface area contributed by atoms with Gasteiger partial charge < -0.3 is 4.57 Å². The zero-order valence-corrected chi connectivity index (χ0v) is 32.2. The van der Waals surface area contributed by atoms with Gasteiger partial charge in [0.15, 0.2) is 7.14 Å². The van der Waals surface area contributed by atoms with Crippen LogP contribution in [0.2, 0.25) is 0 Å². The Hall–Kier alpha value is -5.96. The molecule has 10 rings (SSSR count). The first-order chi connectivity index (χ1) is 27.0. The van der Waals surface area contributed by atoms with Crippen LogP contribution in [0.15, 0.2) is 200 Å². The highest BCUT2D eigenvalue weighted by atomic mass is 32.4. The van der Waals surface area contributed by atoms with E-state index in [1.165, 1.54) is 0 Å². The van der Waals surface area contributed by atoms with E-state index in [4.69, 9.17) is 21.8 Å². The predicted molar refractivity (Wildman–Crippen MR) is 236 cm³/mol. The molecule has 0 spiro atoms. The lowest BCUT2D eigenvalue weighted by atomic mass is 10.0. The summed E-state index contributed by atoms with van der Waals surface area (Å²) in [5.74, 6) is 0. The van der Waals surface area contributed by atoms with Crippen molar-refractivity contribution in [3.05, 3.63) is 200 Å². The molecule has 10 aromatic rings. The summed E-state index contributed by atoms with van der Waals surface area (Å²) in [5, 5.41) is 8.98. The van der Waals surface area contributed by atoms with Crippen LogP contribution in [0.1, 0.15) is 0 Å². The maximum absolute atomic E-state index is 15.5. The Kier molecular flexibility index (Phi) is 8.19. The normalized spacial score (nSPS) is 12.1. The number of hydrogen-bond donors (Lipinski definition) is 0. The van der Waals surface area contributed by atoms with Gasteiger partial charge >= 0.3 is 0 Å². The van der Waals surface area contributed by atoms with Crippen LogP contribution in [0.25, 0.3) is 49.6 Å². The van der Waals surface area contributed by atoms with E-state index in [-0.39, 0.29) is 0 Å². The number of aromatic nitrogens is 3. The minimum atomic E-state index is -3.22. The van der Waals surface area contributed by atoms with Crippen molar-refractivity contribution < 1.29 is 4.57 Å². The molecular weight excluding hydrogens is 729 g/mol. The third-order valence-electron chi connectivity index (χ3n) is 10.6. The van der Waals surface area contributed by atoms with Gasteiger partial charge in [-0.2, -0.15) is 0 Å². The van der Waals surface area contributed by atoms with Crippen LogP contribution in [0, 0.1) is 0 Å². The zero-order chi connectivity index (χ0) is 37.0. The number of hydrogen-bond acceptors (Lipinski definition) is 4. The van der Waals surface area contributed by atoms with E-state index in [0.29, 0.717) is 0 Å². The zero-order valence-electron chi connectivity index (χ0n) is 29.6. The Morgan fingerprint density at radius 2 is 1.00 bits per heavy atom. The van der Waals surface area contributed by atoms with Crippen LogP contribution in [-0.2, 0) is 16.4 Å². The summed E-state index contributed by atoms with van der Waals surface area (Å²) < 4.78 is 17.7. The van der Waals surface area contributed by atoms with E-state index >= 15 is 4.57 Å². The molecule has 7 heteroatoms. The van der Waals surface area contributed by atoms with Crippen LogP contribution in [0.5, 0.6) is 0 Å². The molecule has 0 aliphatic heterocycles. The van der Waals surface area contributed by atoms with Gasteiger partial charge in [-0.05, 0) is 52.4 Å². The minimum Gasteiger partial charge on any atom is -0.309 e. The second-order valence-electron chi connectivity index (χ2n) is 13.7. The van der Waals surface area contributed by atoms with E-state index in [1.54, 1.807) is 0 Å². The summed E-state index contributed by atoms with van der Waals surface area (Å²) in [7, 11) is -3.22. The number of imidazole rings is 1.